The van der Waals surface area contributed by atoms with Gasteiger partial charge in [0.2, 0.25) is 0 Å². The second-order valence-electron chi connectivity index (χ2n) is 3.89. The molecule has 0 fully saturated rings. The predicted molar refractivity (Wildman–Crippen MR) is 67.5 cm³/mol. The van der Waals surface area contributed by atoms with E-state index in [0.717, 1.165) is 0 Å². The summed E-state index contributed by atoms with van der Waals surface area (Å²) >= 11 is 0. The normalized spacial score (nSPS) is 10.2. The van der Waals surface area contributed by atoms with Gasteiger partial charge in [-0.3, -0.25) is 4.68 Å². The minimum Gasteiger partial charge on any atom is -0.493 e. The minimum atomic E-state index is -1.06. The lowest BCUT2D eigenvalue weighted by molar-refractivity contribution is 0.0689. The maximum absolute atomic E-state index is 10.8. The van der Waals surface area contributed by atoms with Crippen LogP contribution in [0.25, 0.3) is 0 Å². The Bertz CT molecular complexity index is 592. The molecule has 6 nitrogen and oxygen atoms in total. The quantitative estimate of drug-likeness (QED) is 0.887. The number of hydrogen-bond donors (Lipinski definition) is 1. The number of methoxy groups -OCH3 is 1. The molecule has 1 N–H and O–H groups in total. The third kappa shape index (κ3) is 2.85. The van der Waals surface area contributed by atoms with Crippen LogP contribution >= 0.6 is 0 Å². The summed E-state index contributed by atoms with van der Waals surface area (Å²) in [6.45, 7) is 0.219. The monoisotopic (exact) mass is 262 g/mol. The SMILES string of the molecule is COc1ccccc1OCc1cc(C(=O)O)nn1C. The van der Waals surface area contributed by atoms with Crippen LogP contribution < -0.4 is 9.47 Å². The van der Waals surface area contributed by atoms with E-state index >= 15 is 0 Å². The summed E-state index contributed by atoms with van der Waals surface area (Å²) in [6.07, 6.45) is 0. The molecule has 0 aliphatic heterocycles. The Kier molecular flexibility index (Phi) is 3.70. The van der Waals surface area contributed by atoms with Gasteiger partial charge in [0.15, 0.2) is 17.2 Å². The first-order valence-electron chi connectivity index (χ1n) is 5.64. The summed E-state index contributed by atoms with van der Waals surface area (Å²) in [7, 11) is 3.24. The Hall–Kier alpha value is -2.50. The summed E-state index contributed by atoms with van der Waals surface area (Å²) in [5, 5.41) is 12.7. The van der Waals surface area contributed by atoms with E-state index in [1.807, 2.05) is 12.1 Å². The summed E-state index contributed by atoms with van der Waals surface area (Å²) in [5.74, 6) is 0.172. The number of hydrogen-bond acceptors (Lipinski definition) is 4. The predicted octanol–water partition coefficient (Wildman–Crippen LogP) is 1.71. The van der Waals surface area contributed by atoms with E-state index in [2.05, 4.69) is 5.10 Å². The second-order valence-corrected chi connectivity index (χ2v) is 3.89. The van der Waals surface area contributed by atoms with Crippen LogP contribution in [0, 0.1) is 0 Å². The van der Waals surface area contributed by atoms with Gasteiger partial charge in [0, 0.05) is 7.05 Å². The maximum Gasteiger partial charge on any atom is 0.356 e. The standard InChI is InChI=1S/C13H14N2O4/c1-15-9(7-10(14-15)13(16)17)8-19-12-6-4-3-5-11(12)18-2/h3-7H,8H2,1-2H3,(H,16,17). The fourth-order valence-electron chi connectivity index (χ4n) is 1.64. The molecule has 0 bridgehead atoms. The third-order valence-corrected chi connectivity index (χ3v) is 2.64. The molecule has 0 aliphatic rings. The van der Waals surface area contributed by atoms with Crippen molar-refractivity contribution in [3.63, 3.8) is 0 Å². The Morgan fingerprint density at radius 1 is 1.37 bits per heavy atom. The molecule has 100 valence electrons. The van der Waals surface area contributed by atoms with E-state index in [9.17, 15) is 4.79 Å². The number of para-hydroxylation sites is 2. The van der Waals surface area contributed by atoms with Gasteiger partial charge in [-0.15, -0.1) is 0 Å². The maximum atomic E-state index is 10.8. The van der Waals surface area contributed by atoms with Crippen molar-refractivity contribution in [1.29, 1.82) is 0 Å². The molecule has 2 rings (SSSR count). The average Bonchev–Trinajstić information content (AvgIpc) is 2.78. The Morgan fingerprint density at radius 3 is 2.63 bits per heavy atom. The summed E-state index contributed by atoms with van der Waals surface area (Å²) < 4.78 is 12.3. The van der Waals surface area contributed by atoms with Gasteiger partial charge in [-0.1, -0.05) is 12.1 Å². The van der Waals surface area contributed by atoms with E-state index in [1.54, 1.807) is 26.3 Å². The van der Waals surface area contributed by atoms with Crippen molar-refractivity contribution in [3.8, 4) is 11.5 Å². The zero-order valence-corrected chi connectivity index (χ0v) is 10.7. The number of aromatic nitrogens is 2. The molecule has 19 heavy (non-hydrogen) atoms. The van der Waals surface area contributed by atoms with E-state index in [0.29, 0.717) is 17.2 Å². The summed E-state index contributed by atoms with van der Waals surface area (Å²) in [6, 6.07) is 8.74. The summed E-state index contributed by atoms with van der Waals surface area (Å²) in [5.41, 5.74) is 0.671. The van der Waals surface area contributed by atoms with Crippen molar-refractivity contribution in [2.75, 3.05) is 7.11 Å². The number of aryl methyl sites for hydroxylation is 1. The lowest BCUT2D eigenvalue weighted by Crippen LogP contribution is -2.04. The minimum absolute atomic E-state index is 0.00104. The number of nitrogens with zero attached hydrogens (tertiary/aromatic N) is 2. The highest BCUT2D eigenvalue weighted by atomic mass is 16.5. The molecule has 1 aromatic carbocycles. The highest BCUT2D eigenvalue weighted by molar-refractivity contribution is 5.85. The molecule has 1 heterocycles. The molecular weight excluding hydrogens is 248 g/mol. The molecular formula is C13H14N2O4. The zero-order valence-electron chi connectivity index (χ0n) is 10.7. The van der Waals surface area contributed by atoms with Gasteiger partial charge >= 0.3 is 5.97 Å². The van der Waals surface area contributed by atoms with Crippen LogP contribution in [-0.2, 0) is 13.7 Å². The van der Waals surface area contributed by atoms with E-state index in [-0.39, 0.29) is 12.3 Å². The number of ether oxygens (including phenoxy) is 2. The number of carboxylic acid groups (broad SMARTS) is 1. The van der Waals surface area contributed by atoms with Gasteiger partial charge in [0.25, 0.3) is 0 Å². The topological polar surface area (TPSA) is 73.6 Å². The molecule has 0 unspecified atom stereocenters. The lowest BCUT2D eigenvalue weighted by atomic mass is 10.3. The first kappa shape index (κ1) is 12.9. The first-order chi connectivity index (χ1) is 9.11. The van der Waals surface area contributed by atoms with Crippen LogP contribution in [0.4, 0.5) is 0 Å². The smallest absolute Gasteiger partial charge is 0.356 e. The highest BCUT2D eigenvalue weighted by Crippen LogP contribution is 2.26. The van der Waals surface area contributed by atoms with Crippen molar-refractivity contribution in [1.82, 2.24) is 9.78 Å². The third-order valence-electron chi connectivity index (χ3n) is 2.64. The fraction of sp³-hybridized carbons (Fsp3) is 0.231. The van der Waals surface area contributed by atoms with E-state index in [1.165, 1.54) is 10.7 Å². The zero-order chi connectivity index (χ0) is 13.8. The number of rotatable bonds is 5. The van der Waals surface area contributed by atoms with Crippen LogP contribution in [-0.4, -0.2) is 28.0 Å². The Morgan fingerprint density at radius 2 is 2.05 bits per heavy atom. The van der Waals surface area contributed by atoms with Crippen molar-refractivity contribution < 1.29 is 19.4 Å². The van der Waals surface area contributed by atoms with Gasteiger partial charge in [-0.05, 0) is 18.2 Å². The van der Waals surface area contributed by atoms with Crippen molar-refractivity contribution >= 4 is 5.97 Å². The van der Waals surface area contributed by atoms with Gasteiger partial charge in [-0.2, -0.15) is 5.10 Å². The molecule has 0 amide bonds. The Labute approximate surface area is 110 Å². The van der Waals surface area contributed by atoms with Crippen LogP contribution in [0.15, 0.2) is 30.3 Å². The lowest BCUT2D eigenvalue weighted by Gasteiger charge is -2.10. The number of benzene rings is 1. The van der Waals surface area contributed by atoms with Crippen LogP contribution in [0.1, 0.15) is 16.2 Å². The van der Waals surface area contributed by atoms with Crippen LogP contribution in [0.2, 0.25) is 0 Å². The highest BCUT2D eigenvalue weighted by Gasteiger charge is 2.12. The Balaban J connectivity index is 2.12. The fourth-order valence-corrected chi connectivity index (χ4v) is 1.64. The molecule has 0 atom stereocenters. The molecule has 0 saturated heterocycles. The van der Waals surface area contributed by atoms with Crippen LogP contribution in [0.5, 0.6) is 11.5 Å². The van der Waals surface area contributed by atoms with Crippen molar-refractivity contribution in [3.05, 3.63) is 41.7 Å². The first-order valence-corrected chi connectivity index (χ1v) is 5.64. The number of carboxylic acids is 1. The van der Waals surface area contributed by atoms with Crippen molar-refractivity contribution in [2.45, 2.75) is 6.61 Å². The molecule has 1 aromatic heterocycles. The molecule has 6 heteroatoms. The number of aromatic carboxylic acids is 1. The van der Waals surface area contributed by atoms with E-state index in [4.69, 9.17) is 14.6 Å². The average molecular weight is 262 g/mol. The molecule has 0 spiro atoms. The van der Waals surface area contributed by atoms with Gasteiger partial charge < -0.3 is 14.6 Å². The van der Waals surface area contributed by atoms with Crippen LogP contribution in [0.3, 0.4) is 0 Å². The molecule has 0 radical (unpaired) electrons. The van der Waals surface area contributed by atoms with Gasteiger partial charge in [0.05, 0.1) is 12.8 Å². The molecule has 0 aliphatic carbocycles. The number of carbonyl (C=O) groups is 1. The summed E-state index contributed by atoms with van der Waals surface area (Å²) in [4.78, 5) is 10.8. The van der Waals surface area contributed by atoms with Gasteiger partial charge in [0.1, 0.15) is 6.61 Å². The molecule has 0 saturated carbocycles. The largest absolute Gasteiger partial charge is 0.493 e. The molecule has 2 aromatic rings. The van der Waals surface area contributed by atoms with Gasteiger partial charge in [-0.25, -0.2) is 4.79 Å². The second kappa shape index (κ2) is 5.43. The van der Waals surface area contributed by atoms with E-state index < -0.39 is 5.97 Å². The van der Waals surface area contributed by atoms with Crippen molar-refractivity contribution in [2.24, 2.45) is 7.05 Å².